The quantitative estimate of drug-likeness (QED) is 0.824. The van der Waals surface area contributed by atoms with Gasteiger partial charge in [0.05, 0.1) is 5.41 Å². The van der Waals surface area contributed by atoms with E-state index in [0.717, 1.165) is 43.8 Å². The molecule has 2 rings (SSSR count). The molecule has 4 heteroatoms. The Bertz CT molecular complexity index is 336. The summed E-state index contributed by atoms with van der Waals surface area (Å²) in [5.41, 5.74) is 6.00. The number of rotatable bonds is 3. The molecule has 1 aliphatic rings. The lowest BCUT2D eigenvalue weighted by Gasteiger charge is -2.23. The molecule has 1 fully saturated rings. The maximum Gasteiger partial charge on any atom is 0.234 e. The van der Waals surface area contributed by atoms with Gasteiger partial charge in [-0.05, 0) is 26.2 Å². The van der Waals surface area contributed by atoms with Crippen LogP contribution in [-0.4, -0.2) is 16.2 Å². The third-order valence-electron chi connectivity index (χ3n) is 3.46. The molecule has 1 aromatic rings. The van der Waals surface area contributed by atoms with E-state index in [2.05, 4.69) is 24.0 Å². The van der Waals surface area contributed by atoms with E-state index in [1.165, 1.54) is 0 Å². The predicted octanol–water partition coefficient (Wildman–Crippen LogP) is 1.79. The fourth-order valence-electron chi connectivity index (χ4n) is 2.27. The third-order valence-corrected chi connectivity index (χ3v) is 3.46. The highest BCUT2D eigenvalue weighted by Gasteiger charge is 2.42. The minimum Gasteiger partial charge on any atom is -0.339 e. The smallest absolute Gasteiger partial charge is 0.234 e. The number of nitrogens with zero attached hydrogens (tertiary/aromatic N) is 2. The second-order valence-corrected chi connectivity index (χ2v) is 4.68. The molecule has 0 saturated heterocycles. The Morgan fingerprint density at radius 1 is 1.60 bits per heavy atom. The molecule has 1 saturated carbocycles. The minimum atomic E-state index is -0.0982. The summed E-state index contributed by atoms with van der Waals surface area (Å²) in [5, 5.41) is 3.99. The van der Waals surface area contributed by atoms with Crippen molar-refractivity contribution in [2.75, 3.05) is 0 Å². The highest BCUT2D eigenvalue weighted by molar-refractivity contribution is 5.11. The molecule has 0 aromatic carbocycles. The van der Waals surface area contributed by atoms with Gasteiger partial charge in [0, 0.05) is 12.5 Å². The van der Waals surface area contributed by atoms with E-state index < -0.39 is 0 Å². The first-order chi connectivity index (χ1) is 7.16. The van der Waals surface area contributed by atoms with E-state index in [4.69, 9.17) is 10.3 Å². The molecular formula is C11H19N3O. The summed E-state index contributed by atoms with van der Waals surface area (Å²) in [4.78, 5) is 4.45. The van der Waals surface area contributed by atoms with Crippen molar-refractivity contribution in [2.45, 2.75) is 57.4 Å². The number of hydrogen-bond acceptors (Lipinski definition) is 4. The number of aromatic nitrogens is 2. The molecule has 15 heavy (non-hydrogen) atoms. The van der Waals surface area contributed by atoms with Crippen molar-refractivity contribution in [3.8, 4) is 0 Å². The van der Waals surface area contributed by atoms with Crippen LogP contribution >= 0.6 is 0 Å². The Kier molecular flexibility index (Phi) is 2.78. The van der Waals surface area contributed by atoms with Crippen LogP contribution in [0.2, 0.25) is 0 Å². The van der Waals surface area contributed by atoms with Crippen molar-refractivity contribution in [3.05, 3.63) is 11.7 Å². The molecule has 2 atom stereocenters. The van der Waals surface area contributed by atoms with Gasteiger partial charge in [-0.2, -0.15) is 4.98 Å². The summed E-state index contributed by atoms with van der Waals surface area (Å²) in [6.45, 7) is 4.24. The van der Waals surface area contributed by atoms with E-state index in [9.17, 15) is 0 Å². The van der Waals surface area contributed by atoms with Gasteiger partial charge in [-0.15, -0.1) is 0 Å². The maximum atomic E-state index is 6.10. The average Bonchev–Trinajstić information content (AvgIpc) is 2.77. The Hall–Kier alpha value is -0.900. The van der Waals surface area contributed by atoms with Crippen LogP contribution in [0, 0.1) is 0 Å². The van der Waals surface area contributed by atoms with Gasteiger partial charge in [-0.3, -0.25) is 0 Å². The Morgan fingerprint density at radius 2 is 2.40 bits per heavy atom. The molecular weight excluding hydrogens is 190 g/mol. The molecule has 2 unspecified atom stereocenters. The second kappa shape index (κ2) is 3.93. The highest BCUT2D eigenvalue weighted by atomic mass is 16.5. The van der Waals surface area contributed by atoms with Crippen LogP contribution in [0.4, 0.5) is 0 Å². The molecule has 2 N–H and O–H groups in total. The SMILES string of the molecule is CCCc1noc(C2(C)CCCC2N)n1. The zero-order valence-corrected chi connectivity index (χ0v) is 9.49. The van der Waals surface area contributed by atoms with Crippen LogP contribution in [-0.2, 0) is 11.8 Å². The van der Waals surface area contributed by atoms with Gasteiger partial charge in [0.2, 0.25) is 5.89 Å². The van der Waals surface area contributed by atoms with Crippen molar-refractivity contribution < 1.29 is 4.52 Å². The van der Waals surface area contributed by atoms with E-state index in [1.54, 1.807) is 0 Å². The lowest BCUT2D eigenvalue weighted by atomic mass is 9.85. The maximum absolute atomic E-state index is 6.10. The van der Waals surface area contributed by atoms with E-state index >= 15 is 0 Å². The molecule has 0 amide bonds. The van der Waals surface area contributed by atoms with Crippen molar-refractivity contribution in [1.82, 2.24) is 10.1 Å². The van der Waals surface area contributed by atoms with Crippen LogP contribution < -0.4 is 5.73 Å². The summed E-state index contributed by atoms with van der Waals surface area (Å²) in [6.07, 6.45) is 5.20. The van der Waals surface area contributed by atoms with Crippen LogP contribution in [0.5, 0.6) is 0 Å². The summed E-state index contributed by atoms with van der Waals surface area (Å²) in [6, 6.07) is 0.160. The van der Waals surface area contributed by atoms with Crippen molar-refractivity contribution in [3.63, 3.8) is 0 Å². The predicted molar refractivity (Wildman–Crippen MR) is 57.5 cm³/mol. The van der Waals surface area contributed by atoms with Gasteiger partial charge in [0.15, 0.2) is 5.82 Å². The van der Waals surface area contributed by atoms with Gasteiger partial charge in [-0.25, -0.2) is 0 Å². The van der Waals surface area contributed by atoms with Crippen molar-refractivity contribution >= 4 is 0 Å². The largest absolute Gasteiger partial charge is 0.339 e. The summed E-state index contributed by atoms with van der Waals surface area (Å²) >= 11 is 0. The van der Waals surface area contributed by atoms with E-state index in [1.807, 2.05) is 0 Å². The van der Waals surface area contributed by atoms with Crippen molar-refractivity contribution in [2.24, 2.45) is 5.73 Å². The molecule has 84 valence electrons. The molecule has 1 aliphatic carbocycles. The van der Waals surface area contributed by atoms with E-state index in [0.29, 0.717) is 0 Å². The fourth-order valence-corrected chi connectivity index (χ4v) is 2.27. The Morgan fingerprint density at radius 3 is 3.00 bits per heavy atom. The topological polar surface area (TPSA) is 64.9 Å². The Labute approximate surface area is 90.2 Å². The summed E-state index contributed by atoms with van der Waals surface area (Å²) in [5.74, 6) is 1.55. The van der Waals surface area contributed by atoms with Gasteiger partial charge >= 0.3 is 0 Å². The van der Waals surface area contributed by atoms with Crippen LogP contribution in [0.15, 0.2) is 4.52 Å². The Balaban J connectivity index is 2.21. The lowest BCUT2D eigenvalue weighted by molar-refractivity contribution is 0.276. The molecule has 0 spiro atoms. The first-order valence-corrected chi connectivity index (χ1v) is 5.75. The van der Waals surface area contributed by atoms with Gasteiger partial charge in [0.25, 0.3) is 0 Å². The molecule has 1 aromatic heterocycles. The zero-order chi connectivity index (χ0) is 10.9. The van der Waals surface area contributed by atoms with Gasteiger partial charge in [-0.1, -0.05) is 18.5 Å². The average molecular weight is 209 g/mol. The summed E-state index contributed by atoms with van der Waals surface area (Å²) in [7, 11) is 0. The molecule has 0 bridgehead atoms. The monoisotopic (exact) mass is 209 g/mol. The fraction of sp³-hybridized carbons (Fsp3) is 0.818. The summed E-state index contributed by atoms with van der Waals surface area (Å²) < 4.78 is 5.33. The first-order valence-electron chi connectivity index (χ1n) is 5.75. The van der Waals surface area contributed by atoms with Crippen LogP contribution in [0.3, 0.4) is 0 Å². The van der Waals surface area contributed by atoms with Crippen LogP contribution in [0.1, 0.15) is 51.2 Å². The highest BCUT2D eigenvalue weighted by Crippen LogP contribution is 2.38. The number of nitrogens with two attached hydrogens (primary N) is 1. The normalized spacial score (nSPS) is 31.0. The van der Waals surface area contributed by atoms with Crippen molar-refractivity contribution in [1.29, 1.82) is 0 Å². The lowest BCUT2D eigenvalue weighted by Crippen LogP contribution is -2.38. The number of aryl methyl sites for hydroxylation is 1. The van der Waals surface area contributed by atoms with Gasteiger partial charge < -0.3 is 10.3 Å². The molecule has 1 heterocycles. The number of hydrogen-bond donors (Lipinski definition) is 1. The zero-order valence-electron chi connectivity index (χ0n) is 9.49. The minimum absolute atomic E-state index is 0.0982. The second-order valence-electron chi connectivity index (χ2n) is 4.68. The van der Waals surface area contributed by atoms with Gasteiger partial charge in [0.1, 0.15) is 0 Å². The third kappa shape index (κ3) is 1.78. The molecule has 0 radical (unpaired) electrons. The molecule has 4 nitrogen and oxygen atoms in total. The standard InChI is InChI=1S/C11H19N3O/c1-3-5-9-13-10(15-14-9)11(2)7-4-6-8(11)12/h8H,3-7,12H2,1-2H3. The van der Waals surface area contributed by atoms with E-state index in [-0.39, 0.29) is 11.5 Å². The molecule has 0 aliphatic heterocycles. The van der Waals surface area contributed by atoms with Crippen LogP contribution in [0.25, 0.3) is 0 Å². The first kappa shape index (κ1) is 10.6.